The van der Waals surface area contributed by atoms with Crippen LogP contribution in [0.25, 0.3) is 0 Å². The summed E-state index contributed by atoms with van der Waals surface area (Å²) in [5.74, 6) is -0.0816. The van der Waals surface area contributed by atoms with Gasteiger partial charge in [-0.1, -0.05) is 6.08 Å². The third kappa shape index (κ3) is 2.54. The van der Waals surface area contributed by atoms with E-state index in [0.717, 1.165) is 13.0 Å². The minimum absolute atomic E-state index is 0.0816. The Balaban J connectivity index is 2.64. The first-order valence-corrected chi connectivity index (χ1v) is 4.53. The van der Waals surface area contributed by atoms with Gasteiger partial charge in [-0.3, -0.25) is 9.69 Å². The van der Waals surface area contributed by atoms with Crippen molar-refractivity contribution in [1.82, 2.24) is 10.2 Å². The molecule has 74 valence electrons. The molecular weight excluding hydrogens is 168 g/mol. The summed E-state index contributed by atoms with van der Waals surface area (Å²) in [5.41, 5.74) is 0. The lowest BCUT2D eigenvalue weighted by molar-refractivity contribution is -0.126. The molecule has 0 saturated carbocycles. The quantitative estimate of drug-likeness (QED) is 0.573. The summed E-state index contributed by atoms with van der Waals surface area (Å²) in [5, 5.41) is 11.8. The van der Waals surface area contributed by atoms with Crippen molar-refractivity contribution in [2.24, 2.45) is 0 Å². The Bertz CT molecular complexity index is 194. The first-order valence-electron chi connectivity index (χ1n) is 4.53. The van der Waals surface area contributed by atoms with E-state index in [1.165, 1.54) is 0 Å². The van der Waals surface area contributed by atoms with Gasteiger partial charge in [-0.15, -0.1) is 6.58 Å². The van der Waals surface area contributed by atoms with Crippen LogP contribution in [0.3, 0.4) is 0 Å². The maximum Gasteiger partial charge on any atom is 0.239 e. The van der Waals surface area contributed by atoms with E-state index in [1.807, 2.05) is 4.90 Å². The Kier molecular flexibility index (Phi) is 3.92. The molecule has 4 nitrogen and oxygen atoms in total. The summed E-state index contributed by atoms with van der Waals surface area (Å²) in [6.07, 6.45) is 2.68. The van der Waals surface area contributed by atoms with Gasteiger partial charge in [0.15, 0.2) is 0 Å². The Hall–Kier alpha value is -0.870. The monoisotopic (exact) mass is 184 g/mol. The molecule has 1 rings (SSSR count). The summed E-state index contributed by atoms with van der Waals surface area (Å²) in [7, 11) is 0. The van der Waals surface area contributed by atoms with Gasteiger partial charge in [-0.25, -0.2) is 0 Å². The van der Waals surface area contributed by atoms with Crippen LogP contribution in [-0.2, 0) is 4.79 Å². The first-order chi connectivity index (χ1) is 6.29. The van der Waals surface area contributed by atoms with Crippen molar-refractivity contribution in [2.45, 2.75) is 12.5 Å². The molecule has 1 aliphatic heterocycles. The Morgan fingerprint density at radius 1 is 1.77 bits per heavy atom. The van der Waals surface area contributed by atoms with Crippen LogP contribution in [0.2, 0.25) is 0 Å². The largest absolute Gasteiger partial charge is 0.394 e. The maximum absolute atomic E-state index is 11.4. The molecule has 13 heavy (non-hydrogen) atoms. The average Bonchev–Trinajstić information content (AvgIpc) is 2.28. The molecule has 1 unspecified atom stereocenters. The lowest BCUT2D eigenvalue weighted by atomic mass is 10.2. The predicted molar refractivity (Wildman–Crippen MR) is 50.3 cm³/mol. The fraction of sp³-hybridized carbons (Fsp3) is 0.667. The first kappa shape index (κ1) is 10.2. The molecule has 2 N–H and O–H groups in total. The van der Waals surface area contributed by atoms with Gasteiger partial charge in [-0.05, 0) is 6.42 Å². The number of carbonyl (C=O) groups is 1. The molecule has 0 radical (unpaired) electrons. The van der Waals surface area contributed by atoms with Crippen molar-refractivity contribution in [3.05, 3.63) is 12.7 Å². The highest BCUT2D eigenvalue weighted by atomic mass is 16.3. The number of nitrogens with zero attached hydrogens (tertiary/aromatic N) is 1. The number of hydrogen-bond donors (Lipinski definition) is 2. The SMILES string of the molecule is C=CCN1CCCNC(=O)C1CO. The lowest BCUT2D eigenvalue weighted by Gasteiger charge is -2.24. The van der Waals surface area contributed by atoms with Gasteiger partial charge in [0.25, 0.3) is 0 Å². The second kappa shape index (κ2) is 4.99. The highest BCUT2D eigenvalue weighted by Crippen LogP contribution is 2.04. The number of nitrogens with one attached hydrogen (secondary N) is 1. The van der Waals surface area contributed by atoms with E-state index < -0.39 is 6.04 Å². The smallest absolute Gasteiger partial charge is 0.239 e. The van der Waals surface area contributed by atoms with Crippen LogP contribution in [0.15, 0.2) is 12.7 Å². The van der Waals surface area contributed by atoms with E-state index >= 15 is 0 Å². The van der Waals surface area contributed by atoms with Crippen molar-refractivity contribution in [2.75, 3.05) is 26.2 Å². The van der Waals surface area contributed by atoms with Gasteiger partial charge < -0.3 is 10.4 Å². The number of amides is 1. The van der Waals surface area contributed by atoms with E-state index in [1.54, 1.807) is 6.08 Å². The fourth-order valence-corrected chi connectivity index (χ4v) is 1.52. The van der Waals surface area contributed by atoms with Gasteiger partial charge in [0.2, 0.25) is 5.91 Å². The lowest BCUT2D eigenvalue weighted by Crippen LogP contribution is -2.46. The fourth-order valence-electron chi connectivity index (χ4n) is 1.52. The number of carbonyl (C=O) groups excluding carboxylic acids is 1. The van der Waals surface area contributed by atoms with E-state index in [4.69, 9.17) is 5.11 Å². The van der Waals surface area contributed by atoms with Gasteiger partial charge in [0.05, 0.1) is 6.61 Å². The molecule has 0 spiro atoms. The summed E-state index contributed by atoms with van der Waals surface area (Å²) >= 11 is 0. The zero-order valence-electron chi connectivity index (χ0n) is 7.70. The molecule has 1 saturated heterocycles. The minimum Gasteiger partial charge on any atom is -0.394 e. The third-order valence-electron chi connectivity index (χ3n) is 2.20. The van der Waals surface area contributed by atoms with E-state index in [9.17, 15) is 4.79 Å². The second-order valence-corrected chi connectivity index (χ2v) is 3.13. The number of aliphatic hydroxyl groups excluding tert-OH is 1. The summed E-state index contributed by atoms with van der Waals surface area (Å²) in [6.45, 7) is 5.68. The van der Waals surface area contributed by atoms with E-state index in [-0.39, 0.29) is 12.5 Å². The van der Waals surface area contributed by atoms with E-state index in [0.29, 0.717) is 13.1 Å². The van der Waals surface area contributed by atoms with E-state index in [2.05, 4.69) is 11.9 Å². The van der Waals surface area contributed by atoms with Crippen LogP contribution < -0.4 is 5.32 Å². The molecular formula is C9H16N2O2. The molecule has 0 aliphatic carbocycles. The molecule has 1 atom stereocenters. The van der Waals surface area contributed by atoms with Crippen LogP contribution in [0.1, 0.15) is 6.42 Å². The summed E-state index contributed by atoms with van der Waals surface area (Å²) < 4.78 is 0. The molecule has 0 aromatic carbocycles. The predicted octanol–water partition coefficient (Wildman–Crippen LogP) is -0.645. The van der Waals surface area contributed by atoms with Crippen molar-refractivity contribution in [1.29, 1.82) is 0 Å². The molecule has 4 heteroatoms. The van der Waals surface area contributed by atoms with Crippen molar-refractivity contribution in [3.8, 4) is 0 Å². The van der Waals surface area contributed by atoms with Crippen molar-refractivity contribution < 1.29 is 9.90 Å². The van der Waals surface area contributed by atoms with Gasteiger partial charge in [0, 0.05) is 19.6 Å². The van der Waals surface area contributed by atoms with Crippen LogP contribution >= 0.6 is 0 Å². The Labute approximate surface area is 78.2 Å². The molecule has 0 bridgehead atoms. The molecule has 1 fully saturated rings. The van der Waals surface area contributed by atoms with Crippen LogP contribution in [0.5, 0.6) is 0 Å². The maximum atomic E-state index is 11.4. The second-order valence-electron chi connectivity index (χ2n) is 3.13. The van der Waals surface area contributed by atoms with Gasteiger partial charge >= 0.3 is 0 Å². The molecule has 0 aromatic heterocycles. The van der Waals surface area contributed by atoms with Gasteiger partial charge in [-0.2, -0.15) is 0 Å². The topological polar surface area (TPSA) is 52.6 Å². The summed E-state index contributed by atoms with van der Waals surface area (Å²) in [6, 6.07) is -0.402. The number of rotatable bonds is 3. The zero-order chi connectivity index (χ0) is 9.68. The van der Waals surface area contributed by atoms with Crippen LogP contribution in [0.4, 0.5) is 0 Å². The van der Waals surface area contributed by atoms with Crippen LogP contribution in [0, 0.1) is 0 Å². The highest BCUT2D eigenvalue weighted by molar-refractivity contribution is 5.82. The van der Waals surface area contributed by atoms with Crippen molar-refractivity contribution >= 4 is 5.91 Å². The van der Waals surface area contributed by atoms with Crippen molar-refractivity contribution in [3.63, 3.8) is 0 Å². The molecule has 1 heterocycles. The number of hydrogen-bond acceptors (Lipinski definition) is 3. The molecule has 0 aromatic rings. The highest BCUT2D eigenvalue weighted by Gasteiger charge is 2.25. The number of aliphatic hydroxyl groups is 1. The standard InChI is InChI=1S/C9H16N2O2/c1-2-5-11-6-3-4-10-9(13)8(11)7-12/h2,8,12H,1,3-7H2,(H,10,13). The molecule has 1 aliphatic rings. The zero-order valence-corrected chi connectivity index (χ0v) is 7.70. The summed E-state index contributed by atoms with van der Waals surface area (Å²) in [4.78, 5) is 13.3. The third-order valence-corrected chi connectivity index (χ3v) is 2.20. The normalized spacial score (nSPS) is 25.0. The average molecular weight is 184 g/mol. The van der Waals surface area contributed by atoms with Gasteiger partial charge in [0.1, 0.15) is 6.04 Å². The van der Waals surface area contributed by atoms with Crippen LogP contribution in [-0.4, -0.2) is 48.2 Å². The minimum atomic E-state index is -0.402. The Morgan fingerprint density at radius 2 is 2.54 bits per heavy atom. The molecule has 1 amide bonds. The Morgan fingerprint density at radius 3 is 3.15 bits per heavy atom.